The van der Waals surface area contributed by atoms with Crippen LogP contribution in [-0.4, -0.2) is 18.2 Å². The maximum atomic E-state index is 9.84. The second-order valence-electron chi connectivity index (χ2n) is 5.27. The van der Waals surface area contributed by atoms with Gasteiger partial charge < -0.3 is 9.84 Å². The second kappa shape index (κ2) is 14.2. The molecule has 1 aromatic rings. The fraction of sp³-hybridized carbons (Fsp3) is 0.526. The number of benzene rings is 1. The molecule has 0 aliphatic rings. The Kier molecular flexibility index (Phi) is 13.0. The van der Waals surface area contributed by atoms with Crippen molar-refractivity contribution in [3.8, 4) is 5.75 Å². The first-order chi connectivity index (χ1) is 10.6. The molecule has 1 rings (SSSR count). The quantitative estimate of drug-likeness (QED) is 0.395. The standard InChI is InChI=1S/C15H24O.C4H6O2/c1-2-3-4-5-6-7-8-9-14-10-12-15(16)13-11-14;1-3-4(5)6-2/h10-13,16H,2-9H2,1H3;3H,1H2,2H3. The van der Waals surface area contributed by atoms with Crippen LogP contribution in [0.15, 0.2) is 36.9 Å². The van der Waals surface area contributed by atoms with E-state index in [1.54, 1.807) is 12.1 Å². The van der Waals surface area contributed by atoms with E-state index in [1.165, 1.54) is 57.6 Å². The van der Waals surface area contributed by atoms with Gasteiger partial charge in [-0.05, 0) is 30.5 Å². The average molecular weight is 306 g/mol. The lowest BCUT2D eigenvalue weighted by Gasteiger charge is -2.02. The van der Waals surface area contributed by atoms with E-state index in [9.17, 15) is 4.79 Å². The zero-order valence-electron chi connectivity index (χ0n) is 14.0. The summed E-state index contributed by atoms with van der Waals surface area (Å²) in [5.41, 5.74) is 1.34. The number of hydrogen-bond acceptors (Lipinski definition) is 3. The zero-order valence-corrected chi connectivity index (χ0v) is 14.0. The fourth-order valence-corrected chi connectivity index (χ4v) is 2.03. The Labute approximate surface area is 135 Å². The van der Waals surface area contributed by atoms with Crippen molar-refractivity contribution in [2.45, 2.75) is 58.3 Å². The van der Waals surface area contributed by atoms with Crippen molar-refractivity contribution in [2.24, 2.45) is 0 Å². The lowest BCUT2D eigenvalue weighted by atomic mass is 10.0. The van der Waals surface area contributed by atoms with Gasteiger partial charge in [-0.3, -0.25) is 0 Å². The van der Waals surface area contributed by atoms with E-state index in [0.29, 0.717) is 5.75 Å². The van der Waals surface area contributed by atoms with Gasteiger partial charge in [0.15, 0.2) is 0 Å². The van der Waals surface area contributed by atoms with Gasteiger partial charge in [-0.1, -0.05) is 64.2 Å². The third-order valence-corrected chi connectivity index (χ3v) is 3.37. The van der Waals surface area contributed by atoms with Gasteiger partial charge in [-0.15, -0.1) is 0 Å². The molecule has 0 saturated carbocycles. The molecule has 0 aliphatic carbocycles. The van der Waals surface area contributed by atoms with E-state index in [2.05, 4.69) is 18.2 Å². The number of carbonyl (C=O) groups is 1. The van der Waals surface area contributed by atoms with Crippen LogP contribution in [0, 0.1) is 0 Å². The lowest BCUT2D eigenvalue weighted by molar-refractivity contribution is -0.134. The van der Waals surface area contributed by atoms with Gasteiger partial charge in [-0.2, -0.15) is 0 Å². The second-order valence-corrected chi connectivity index (χ2v) is 5.27. The molecule has 0 saturated heterocycles. The largest absolute Gasteiger partial charge is 0.508 e. The van der Waals surface area contributed by atoms with E-state index in [1.807, 2.05) is 12.1 Å². The molecule has 0 radical (unpaired) electrons. The van der Waals surface area contributed by atoms with Gasteiger partial charge >= 0.3 is 5.97 Å². The number of ether oxygens (including phenoxy) is 1. The van der Waals surface area contributed by atoms with Crippen molar-refractivity contribution in [2.75, 3.05) is 7.11 Å². The first-order valence-corrected chi connectivity index (χ1v) is 8.12. The molecule has 22 heavy (non-hydrogen) atoms. The van der Waals surface area contributed by atoms with Crippen LogP contribution in [0.5, 0.6) is 5.75 Å². The Morgan fingerprint density at radius 1 is 1.09 bits per heavy atom. The molecule has 3 heteroatoms. The Balaban J connectivity index is 0.000000626. The third kappa shape index (κ3) is 12.0. The molecule has 0 unspecified atom stereocenters. The number of esters is 1. The summed E-state index contributed by atoms with van der Waals surface area (Å²) >= 11 is 0. The van der Waals surface area contributed by atoms with Crippen LogP contribution in [0.1, 0.15) is 57.4 Å². The summed E-state index contributed by atoms with van der Waals surface area (Å²) in [5, 5.41) is 9.15. The normalized spacial score (nSPS) is 9.55. The van der Waals surface area contributed by atoms with Crippen LogP contribution in [0.2, 0.25) is 0 Å². The van der Waals surface area contributed by atoms with Gasteiger partial charge in [-0.25, -0.2) is 4.79 Å². The highest BCUT2D eigenvalue weighted by Gasteiger charge is 1.94. The summed E-state index contributed by atoms with van der Waals surface area (Å²) in [4.78, 5) is 9.84. The minimum atomic E-state index is -0.394. The molecule has 0 atom stereocenters. The average Bonchev–Trinajstić information content (AvgIpc) is 2.55. The Hall–Kier alpha value is -1.77. The summed E-state index contributed by atoms with van der Waals surface area (Å²) in [7, 11) is 1.31. The number of hydrogen-bond donors (Lipinski definition) is 1. The van der Waals surface area contributed by atoms with Gasteiger partial charge in [0.25, 0.3) is 0 Å². The van der Waals surface area contributed by atoms with Gasteiger partial charge in [0.1, 0.15) is 5.75 Å². The number of methoxy groups -OCH3 is 1. The maximum Gasteiger partial charge on any atom is 0.329 e. The number of carbonyl (C=O) groups excluding carboxylic acids is 1. The monoisotopic (exact) mass is 306 g/mol. The number of aryl methyl sites for hydroxylation is 1. The Morgan fingerprint density at radius 2 is 1.64 bits per heavy atom. The lowest BCUT2D eigenvalue weighted by Crippen LogP contribution is -1.91. The molecule has 0 aromatic heterocycles. The number of phenols is 1. The smallest absolute Gasteiger partial charge is 0.329 e. The summed E-state index contributed by atoms with van der Waals surface area (Å²) in [5.74, 6) is -0.0293. The molecule has 1 N–H and O–H groups in total. The first-order valence-electron chi connectivity index (χ1n) is 8.12. The van der Waals surface area contributed by atoms with Crippen molar-refractivity contribution in [3.05, 3.63) is 42.5 Å². The van der Waals surface area contributed by atoms with E-state index >= 15 is 0 Å². The van der Waals surface area contributed by atoms with Gasteiger partial charge in [0.05, 0.1) is 7.11 Å². The molecular formula is C19H30O3. The van der Waals surface area contributed by atoms with Crippen LogP contribution in [0.3, 0.4) is 0 Å². The summed E-state index contributed by atoms with van der Waals surface area (Å²) < 4.78 is 4.14. The Bertz CT molecular complexity index is 396. The number of phenolic OH excluding ortho intramolecular Hbond substituents is 1. The number of unbranched alkanes of at least 4 members (excludes halogenated alkanes) is 6. The molecule has 124 valence electrons. The molecule has 0 aliphatic heterocycles. The van der Waals surface area contributed by atoms with E-state index in [0.717, 1.165) is 12.5 Å². The van der Waals surface area contributed by atoms with Crippen LogP contribution in [-0.2, 0) is 16.0 Å². The molecule has 0 amide bonds. The summed E-state index contributed by atoms with van der Waals surface area (Å²) in [6.45, 7) is 5.41. The van der Waals surface area contributed by atoms with Crippen LogP contribution in [0.25, 0.3) is 0 Å². The highest BCUT2D eigenvalue weighted by Crippen LogP contribution is 2.13. The van der Waals surface area contributed by atoms with Crippen molar-refractivity contribution in [1.29, 1.82) is 0 Å². The summed E-state index contributed by atoms with van der Waals surface area (Å²) in [6, 6.07) is 7.59. The van der Waals surface area contributed by atoms with Crippen LogP contribution < -0.4 is 0 Å². The van der Waals surface area contributed by atoms with E-state index in [-0.39, 0.29) is 0 Å². The minimum absolute atomic E-state index is 0.364. The zero-order chi connectivity index (χ0) is 16.6. The first kappa shape index (κ1) is 20.2. The minimum Gasteiger partial charge on any atom is -0.508 e. The molecule has 0 bridgehead atoms. The molecule has 3 nitrogen and oxygen atoms in total. The van der Waals surface area contributed by atoms with Crippen molar-refractivity contribution >= 4 is 5.97 Å². The van der Waals surface area contributed by atoms with Crippen LogP contribution in [0.4, 0.5) is 0 Å². The van der Waals surface area contributed by atoms with E-state index < -0.39 is 5.97 Å². The molecule has 1 aromatic carbocycles. The van der Waals surface area contributed by atoms with Gasteiger partial charge in [0.2, 0.25) is 0 Å². The van der Waals surface area contributed by atoms with E-state index in [4.69, 9.17) is 5.11 Å². The van der Waals surface area contributed by atoms with Crippen molar-refractivity contribution in [3.63, 3.8) is 0 Å². The van der Waals surface area contributed by atoms with Crippen molar-refractivity contribution in [1.82, 2.24) is 0 Å². The highest BCUT2D eigenvalue weighted by molar-refractivity contribution is 5.80. The maximum absolute atomic E-state index is 9.84. The molecule has 0 fully saturated rings. The Morgan fingerprint density at radius 3 is 2.09 bits per heavy atom. The third-order valence-electron chi connectivity index (χ3n) is 3.37. The molecular weight excluding hydrogens is 276 g/mol. The van der Waals surface area contributed by atoms with Crippen molar-refractivity contribution < 1.29 is 14.6 Å². The SMILES string of the molecule is C=CC(=O)OC.CCCCCCCCCc1ccc(O)cc1. The number of aromatic hydroxyl groups is 1. The molecule has 0 heterocycles. The fourth-order valence-electron chi connectivity index (χ4n) is 2.03. The van der Waals surface area contributed by atoms with Crippen LogP contribution >= 0.6 is 0 Å². The van der Waals surface area contributed by atoms with Gasteiger partial charge in [0, 0.05) is 6.08 Å². The highest BCUT2D eigenvalue weighted by atomic mass is 16.5. The topological polar surface area (TPSA) is 46.5 Å². The predicted octanol–water partition coefficient (Wildman–Crippen LogP) is 5.03. The summed E-state index contributed by atoms with van der Waals surface area (Å²) in [6.07, 6.45) is 11.7. The predicted molar refractivity (Wildman–Crippen MR) is 92.0 cm³/mol. The number of rotatable bonds is 9. The molecule has 0 spiro atoms.